The minimum absolute atomic E-state index is 0.310. The van der Waals surface area contributed by atoms with Crippen molar-refractivity contribution in [3.05, 3.63) is 95.5 Å². The Hall–Kier alpha value is -4.69. The number of nitrogens with one attached hydrogen (secondary N) is 2. The molecule has 0 fully saturated rings. The molecule has 2 aromatic heterocycles. The first-order chi connectivity index (χ1) is 17.9. The van der Waals surface area contributed by atoms with Crippen molar-refractivity contribution in [2.24, 2.45) is 0 Å². The monoisotopic (exact) mass is 508 g/mol. The van der Waals surface area contributed by atoms with Gasteiger partial charge >= 0.3 is 12.0 Å². The third-order valence-electron chi connectivity index (χ3n) is 5.97. The molecular weight excluding hydrogens is 484 g/mol. The number of rotatable bonds is 5. The first-order valence-electron chi connectivity index (χ1n) is 11.5. The molecule has 0 aliphatic heterocycles. The van der Waals surface area contributed by atoms with Gasteiger partial charge in [0, 0.05) is 38.8 Å². The highest BCUT2D eigenvalue weighted by Gasteiger charge is 2.16. The molecule has 3 aromatic carbocycles. The van der Waals surface area contributed by atoms with E-state index in [0.717, 1.165) is 43.6 Å². The SMILES string of the molecule is COC(=O)c1ccc(-c2cnc(N)c3c(-c4ccc(NC(=O)Nc5cccc(C)c5)cc4)csc23)cc1. The fourth-order valence-corrected chi connectivity index (χ4v) is 5.26. The van der Waals surface area contributed by atoms with E-state index >= 15 is 0 Å². The lowest BCUT2D eigenvalue weighted by atomic mass is 10.0. The number of urea groups is 1. The molecule has 8 heteroatoms. The normalized spacial score (nSPS) is 10.8. The molecular formula is C29H24N4O3S. The first-order valence-corrected chi connectivity index (χ1v) is 12.4. The summed E-state index contributed by atoms with van der Waals surface area (Å²) >= 11 is 1.59. The lowest BCUT2D eigenvalue weighted by Gasteiger charge is -2.10. The Labute approximate surface area is 217 Å². The quantitative estimate of drug-likeness (QED) is 0.223. The summed E-state index contributed by atoms with van der Waals surface area (Å²) < 4.78 is 5.80. The summed E-state index contributed by atoms with van der Waals surface area (Å²) in [5.74, 6) is 0.0667. The number of anilines is 3. The molecule has 0 unspecified atom stereocenters. The number of hydrogen-bond donors (Lipinski definition) is 3. The van der Waals surface area contributed by atoms with Crippen LogP contribution in [-0.4, -0.2) is 24.1 Å². The van der Waals surface area contributed by atoms with Crippen LogP contribution in [0.15, 0.2) is 84.4 Å². The van der Waals surface area contributed by atoms with Crippen LogP contribution in [0.4, 0.5) is 22.0 Å². The summed E-state index contributed by atoms with van der Waals surface area (Å²) in [5.41, 5.74) is 13.1. The number of esters is 1. The number of carbonyl (C=O) groups is 2. The fourth-order valence-electron chi connectivity index (χ4n) is 4.14. The highest BCUT2D eigenvalue weighted by Crippen LogP contribution is 2.41. The standard InChI is InChI=1S/C29H24N4O3S/c1-17-4-3-5-22(14-17)33-29(35)32-21-12-10-19(11-13-21)24-16-37-26-23(15-31-27(30)25(24)26)18-6-8-20(9-7-18)28(34)36-2/h3-16H,1-2H3,(H2,30,31)(H2,32,33,35). The van der Waals surface area contributed by atoms with Gasteiger partial charge in [-0.15, -0.1) is 11.3 Å². The number of ether oxygens (including phenoxy) is 1. The van der Waals surface area contributed by atoms with Crippen molar-refractivity contribution in [3.63, 3.8) is 0 Å². The topological polar surface area (TPSA) is 106 Å². The summed E-state index contributed by atoms with van der Waals surface area (Å²) in [5, 5.41) is 8.63. The van der Waals surface area contributed by atoms with E-state index in [2.05, 4.69) is 21.0 Å². The highest BCUT2D eigenvalue weighted by atomic mass is 32.1. The lowest BCUT2D eigenvalue weighted by Crippen LogP contribution is -2.19. The maximum absolute atomic E-state index is 12.4. The van der Waals surface area contributed by atoms with Crippen LogP contribution >= 0.6 is 11.3 Å². The number of thiophene rings is 1. The Morgan fingerprint density at radius 1 is 0.892 bits per heavy atom. The van der Waals surface area contributed by atoms with Crippen LogP contribution in [0.1, 0.15) is 15.9 Å². The van der Waals surface area contributed by atoms with E-state index < -0.39 is 0 Å². The van der Waals surface area contributed by atoms with E-state index in [9.17, 15) is 9.59 Å². The Balaban J connectivity index is 1.39. The molecule has 7 nitrogen and oxygen atoms in total. The predicted molar refractivity (Wildman–Crippen MR) is 150 cm³/mol. The van der Waals surface area contributed by atoms with E-state index in [1.807, 2.05) is 67.6 Å². The van der Waals surface area contributed by atoms with Gasteiger partial charge in [0.2, 0.25) is 0 Å². The Kier molecular flexibility index (Phi) is 6.57. The second-order valence-corrected chi connectivity index (χ2v) is 9.39. The molecule has 184 valence electrons. The van der Waals surface area contributed by atoms with Gasteiger partial charge in [0.25, 0.3) is 0 Å². The summed E-state index contributed by atoms with van der Waals surface area (Å²) in [7, 11) is 1.36. The van der Waals surface area contributed by atoms with Crippen molar-refractivity contribution in [1.82, 2.24) is 4.98 Å². The third-order valence-corrected chi connectivity index (χ3v) is 6.98. The molecule has 0 spiro atoms. The van der Waals surface area contributed by atoms with E-state index in [-0.39, 0.29) is 12.0 Å². The van der Waals surface area contributed by atoms with Crippen molar-refractivity contribution in [2.75, 3.05) is 23.5 Å². The maximum atomic E-state index is 12.4. The fraction of sp³-hybridized carbons (Fsp3) is 0.0690. The van der Waals surface area contributed by atoms with E-state index in [4.69, 9.17) is 10.5 Å². The number of methoxy groups -OCH3 is 1. The van der Waals surface area contributed by atoms with Gasteiger partial charge in [-0.25, -0.2) is 14.6 Å². The van der Waals surface area contributed by atoms with Crippen LogP contribution in [0.25, 0.3) is 32.3 Å². The number of aromatic nitrogens is 1. The third kappa shape index (κ3) is 5.00. The second kappa shape index (κ2) is 10.1. The van der Waals surface area contributed by atoms with Crippen LogP contribution in [0, 0.1) is 6.92 Å². The number of hydrogen-bond acceptors (Lipinski definition) is 6. The van der Waals surface area contributed by atoms with E-state index in [0.29, 0.717) is 17.1 Å². The summed E-state index contributed by atoms with van der Waals surface area (Å²) in [6.45, 7) is 1.97. The first kappa shape index (κ1) is 24.0. The van der Waals surface area contributed by atoms with Gasteiger partial charge in [-0.1, -0.05) is 36.4 Å². The summed E-state index contributed by atoms with van der Waals surface area (Å²) in [6.07, 6.45) is 1.75. The number of aryl methyl sites for hydroxylation is 1. The molecule has 0 aliphatic rings. The van der Waals surface area contributed by atoms with Crippen LogP contribution < -0.4 is 16.4 Å². The minimum atomic E-state index is -0.379. The molecule has 0 saturated carbocycles. The number of fused-ring (bicyclic) bond motifs is 1. The largest absolute Gasteiger partial charge is 0.465 e. The van der Waals surface area contributed by atoms with Gasteiger partial charge in [-0.3, -0.25) is 0 Å². The number of nitrogens with zero attached hydrogens (tertiary/aromatic N) is 1. The molecule has 0 atom stereocenters. The Morgan fingerprint density at radius 2 is 1.57 bits per heavy atom. The molecule has 5 aromatic rings. The summed E-state index contributed by atoms with van der Waals surface area (Å²) in [4.78, 5) is 28.6. The molecule has 2 amide bonds. The maximum Gasteiger partial charge on any atom is 0.337 e. The van der Waals surface area contributed by atoms with Crippen LogP contribution in [-0.2, 0) is 4.74 Å². The molecule has 5 rings (SSSR count). The zero-order chi connectivity index (χ0) is 25.9. The van der Waals surface area contributed by atoms with E-state index in [1.165, 1.54) is 7.11 Å². The van der Waals surface area contributed by atoms with Crippen LogP contribution in [0.2, 0.25) is 0 Å². The molecule has 0 saturated heterocycles. The van der Waals surface area contributed by atoms with Crippen LogP contribution in [0.5, 0.6) is 0 Å². The smallest absolute Gasteiger partial charge is 0.337 e. The van der Waals surface area contributed by atoms with Crippen molar-refractivity contribution < 1.29 is 14.3 Å². The van der Waals surface area contributed by atoms with Crippen molar-refractivity contribution in [2.45, 2.75) is 6.92 Å². The van der Waals surface area contributed by atoms with Gasteiger partial charge in [-0.2, -0.15) is 0 Å². The predicted octanol–water partition coefficient (Wildman–Crippen LogP) is 6.95. The number of amides is 2. The highest BCUT2D eigenvalue weighted by molar-refractivity contribution is 7.18. The van der Waals surface area contributed by atoms with Gasteiger partial charge in [0.05, 0.1) is 12.7 Å². The second-order valence-electron chi connectivity index (χ2n) is 8.51. The Bertz CT molecular complexity index is 1610. The van der Waals surface area contributed by atoms with E-state index in [1.54, 1.807) is 29.7 Å². The van der Waals surface area contributed by atoms with Crippen molar-refractivity contribution in [3.8, 4) is 22.3 Å². The van der Waals surface area contributed by atoms with Crippen molar-refractivity contribution >= 4 is 50.6 Å². The number of nitrogens with two attached hydrogens (primary N) is 1. The number of carbonyl (C=O) groups excluding carboxylic acids is 2. The molecule has 2 heterocycles. The van der Waals surface area contributed by atoms with Crippen molar-refractivity contribution in [1.29, 1.82) is 0 Å². The van der Waals surface area contributed by atoms with Gasteiger partial charge < -0.3 is 21.1 Å². The molecule has 0 aliphatic carbocycles. The lowest BCUT2D eigenvalue weighted by molar-refractivity contribution is 0.0600. The molecule has 4 N–H and O–H groups in total. The average Bonchev–Trinajstić information content (AvgIpc) is 3.35. The molecule has 0 radical (unpaired) electrons. The zero-order valence-electron chi connectivity index (χ0n) is 20.2. The minimum Gasteiger partial charge on any atom is -0.465 e. The number of benzene rings is 3. The molecule has 0 bridgehead atoms. The van der Waals surface area contributed by atoms with Gasteiger partial charge in [0.1, 0.15) is 5.82 Å². The number of nitrogen functional groups attached to an aromatic ring is 1. The zero-order valence-corrected chi connectivity index (χ0v) is 21.1. The summed E-state index contributed by atoms with van der Waals surface area (Å²) in [6, 6.07) is 22.1. The van der Waals surface area contributed by atoms with Gasteiger partial charge in [0.15, 0.2) is 0 Å². The average molecular weight is 509 g/mol. The van der Waals surface area contributed by atoms with Gasteiger partial charge in [-0.05, 0) is 65.4 Å². The Morgan fingerprint density at radius 3 is 2.27 bits per heavy atom. The molecule has 37 heavy (non-hydrogen) atoms. The number of pyridine rings is 1. The van der Waals surface area contributed by atoms with Crippen LogP contribution in [0.3, 0.4) is 0 Å².